The van der Waals surface area contributed by atoms with Gasteiger partial charge >= 0.3 is 0 Å². The van der Waals surface area contributed by atoms with Crippen LogP contribution >= 0.6 is 0 Å². The monoisotopic (exact) mass is 324 g/mol. The third-order valence-corrected chi connectivity index (χ3v) is 4.88. The van der Waals surface area contributed by atoms with Gasteiger partial charge in [0.15, 0.2) is 0 Å². The largest absolute Gasteiger partial charge is 0.293 e. The van der Waals surface area contributed by atoms with Gasteiger partial charge in [-0.2, -0.15) is 5.10 Å². The molecule has 4 heterocycles. The van der Waals surface area contributed by atoms with E-state index in [9.17, 15) is 0 Å². The van der Waals surface area contributed by atoms with Crippen LogP contribution in [-0.4, -0.2) is 41.6 Å². The van der Waals surface area contributed by atoms with E-state index in [2.05, 4.69) is 38.6 Å². The Bertz CT molecular complexity index is 820. The number of likely N-dealkylation sites (tertiary alicyclic amines) is 1. The first-order chi connectivity index (χ1) is 11.7. The van der Waals surface area contributed by atoms with Gasteiger partial charge in [0.05, 0.1) is 12.2 Å². The molecule has 0 aliphatic carbocycles. The first-order valence-electron chi connectivity index (χ1n) is 8.73. The molecule has 3 aromatic rings. The molecule has 0 unspecified atom stereocenters. The Morgan fingerprint density at radius 3 is 2.96 bits per heavy atom. The Morgan fingerprint density at radius 1 is 1.21 bits per heavy atom. The quantitative estimate of drug-likeness (QED) is 0.740. The highest BCUT2D eigenvalue weighted by Gasteiger charge is 2.24. The summed E-state index contributed by atoms with van der Waals surface area (Å²) in [6.45, 7) is 7.09. The molecule has 6 heteroatoms. The zero-order chi connectivity index (χ0) is 16.5. The molecule has 24 heavy (non-hydrogen) atoms. The first-order valence-corrected chi connectivity index (χ1v) is 8.73. The van der Waals surface area contributed by atoms with Gasteiger partial charge in [-0.1, -0.05) is 6.42 Å². The molecule has 0 bridgehead atoms. The summed E-state index contributed by atoms with van der Waals surface area (Å²) in [5.41, 5.74) is 3.30. The molecule has 126 valence electrons. The lowest BCUT2D eigenvalue weighted by Crippen LogP contribution is -2.41. The topological polar surface area (TPSA) is 51.2 Å². The van der Waals surface area contributed by atoms with Crippen molar-refractivity contribution >= 4 is 5.78 Å². The Kier molecular flexibility index (Phi) is 4.06. The third-order valence-electron chi connectivity index (χ3n) is 4.88. The molecule has 1 aliphatic heterocycles. The molecule has 4 rings (SSSR count). The first kappa shape index (κ1) is 15.3. The minimum Gasteiger partial charge on any atom is -0.293 e. The molecule has 0 N–H and O–H groups in total. The second-order valence-corrected chi connectivity index (χ2v) is 6.79. The molecule has 0 saturated carbocycles. The average Bonchev–Trinajstić information content (AvgIpc) is 3.19. The SMILES string of the molecule is Cc1cc(C)n2cc(CN3CCCC[C@@H]3Cn3cccn3)nc2n1. The van der Waals surface area contributed by atoms with Gasteiger partial charge in [-0.3, -0.25) is 14.0 Å². The molecule has 6 nitrogen and oxygen atoms in total. The lowest BCUT2D eigenvalue weighted by atomic mass is 10.0. The van der Waals surface area contributed by atoms with Crippen LogP contribution in [0.15, 0.2) is 30.7 Å². The zero-order valence-electron chi connectivity index (χ0n) is 14.4. The second kappa shape index (κ2) is 6.36. The molecule has 1 saturated heterocycles. The Balaban J connectivity index is 1.55. The summed E-state index contributed by atoms with van der Waals surface area (Å²) in [5, 5.41) is 4.37. The maximum absolute atomic E-state index is 4.75. The van der Waals surface area contributed by atoms with Gasteiger partial charge in [0.2, 0.25) is 5.78 Å². The van der Waals surface area contributed by atoms with Gasteiger partial charge in [-0.05, 0) is 45.4 Å². The number of aromatic nitrogens is 5. The predicted molar refractivity (Wildman–Crippen MR) is 92.7 cm³/mol. The number of hydrogen-bond donors (Lipinski definition) is 0. The van der Waals surface area contributed by atoms with Crippen LogP contribution in [0.5, 0.6) is 0 Å². The van der Waals surface area contributed by atoms with Gasteiger partial charge in [0.1, 0.15) is 0 Å². The molecule has 0 radical (unpaired) electrons. The van der Waals surface area contributed by atoms with Crippen LogP contribution in [0.3, 0.4) is 0 Å². The average molecular weight is 324 g/mol. The van der Waals surface area contributed by atoms with Crippen molar-refractivity contribution in [3.05, 3.63) is 47.8 Å². The van der Waals surface area contributed by atoms with Crippen LogP contribution in [-0.2, 0) is 13.1 Å². The van der Waals surface area contributed by atoms with Crippen LogP contribution in [0.1, 0.15) is 36.3 Å². The summed E-state index contributed by atoms with van der Waals surface area (Å²) >= 11 is 0. The van der Waals surface area contributed by atoms with Crippen LogP contribution in [0, 0.1) is 13.8 Å². The molecule has 1 fully saturated rings. The maximum Gasteiger partial charge on any atom is 0.234 e. The highest BCUT2D eigenvalue weighted by atomic mass is 15.3. The van der Waals surface area contributed by atoms with Crippen molar-refractivity contribution in [3.8, 4) is 0 Å². The lowest BCUT2D eigenvalue weighted by Gasteiger charge is -2.35. The highest BCUT2D eigenvalue weighted by molar-refractivity contribution is 5.34. The molecule has 1 aliphatic rings. The summed E-state index contributed by atoms with van der Waals surface area (Å²) in [4.78, 5) is 11.8. The number of piperidine rings is 1. The van der Waals surface area contributed by atoms with Crippen molar-refractivity contribution in [2.24, 2.45) is 0 Å². The Labute approximate surface area is 142 Å². The molecular weight excluding hydrogens is 300 g/mol. The van der Waals surface area contributed by atoms with E-state index in [1.807, 2.05) is 30.1 Å². The third kappa shape index (κ3) is 3.06. The van der Waals surface area contributed by atoms with Crippen molar-refractivity contribution in [1.82, 2.24) is 29.0 Å². The van der Waals surface area contributed by atoms with E-state index in [1.54, 1.807) is 0 Å². The summed E-state index contributed by atoms with van der Waals surface area (Å²) in [6.07, 6.45) is 9.83. The van der Waals surface area contributed by atoms with Gasteiger partial charge in [0, 0.05) is 42.6 Å². The van der Waals surface area contributed by atoms with E-state index in [0.29, 0.717) is 6.04 Å². The maximum atomic E-state index is 4.75. The standard InChI is InChI=1S/C18H24N6/c1-14-10-15(2)24-12-16(21-18(24)20-14)11-22-8-4-3-6-17(22)13-23-9-5-7-19-23/h5,7,9-10,12,17H,3-4,6,8,11,13H2,1-2H3/t17-/m1/s1. The van der Waals surface area contributed by atoms with E-state index in [0.717, 1.165) is 36.8 Å². The second-order valence-electron chi connectivity index (χ2n) is 6.79. The Morgan fingerprint density at radius 2 is 2.12 bits per heavy atom. The summed E-state index contributed by atoms with van der Waals surface area (Å²) in [6, 6.07) is 4.62. The molecule has 1 atom stereocenters. The van der Waals surface area contributed by atoms with Gasteiger partial charge in [0.25, 0.3) is 0 Å². The molecule has 0 amide bonds. The number of fused-ring (bicyclic) bond motifs is 1. The van der Waals surface area contributed by atoms with Crippen molar-refractivity contribution in [2.45, 2.75) is 52.2 Å². The van der Waals surface area contributed by atoms with E-state index < -0.39 is 0 Å². The summed E-state index contributed by atoms with van der Waals surface area (Å²) in [5.74, 6) is 0.808. The van der Waals surface area contributed by atoms with Crippen molar-refractivity contribution in [3.63, 3.8) is 0 Å². The minimum atomic E-state index is 0.527. The summed E-state index contributed by atoms with van der Waals surface area (Å²) < 4.78 is 4.14. The fourth-order valence-electron chi connectivity index (χ4n) is 3.70. The number of nitrogens with zero attached hydrogens (tertiary/aromatic N) is 6. The molecule has 0 spiro atoms. The summed E-state index contributed by atoms with van der Waals surface area (Å²) in [7, 11) is 0. The van der Waals surface area contributed by atoms with Crippen LogP contribution < -0.4 is 0 Å². The van der Waals surface area contributed by atoms with E-state index in [-0.39, 0.29) is 0 Å². The number of imidazole rings is 1. The highest BCUT2D eigenvalue weighted by Crippen LogP contribution is 2.21. The smallest absolute Gasteiger partial charge is 0.234 e. The normalized spacial score (nSPS) is 19.2. The minimum absolute atomic E-state index is 0.527. The van der Waals surface area contributed by atoms with Crippen molar-refractivity contribution < 1.29 is 0 Å². The van der Waals surface area contributed by atoms with Crippen molar-refractivity contribution in [1.29, 1.82) is 0 Å². The van der Waals surface area contributed by atoms with E-state index in [4.69, 9.17) is 4.98 Å². The van der Waals surface area contributed by atoms with Gasteiger partial charge in [-0.25, -0.2) is 9.97 Å². The van der Waals surface area contributed by atoms with Crippen molar-refractivity contribution in [2.75, 3.05) is 6.54 Å². The molecular formula is C18H24N6. The predicted octanol–water partition coefficient (Wildman–Crippen LogP) is 2.60. The molecule has 3 aromatic heterocycles. The van der Waals surface area contributed by atoms with Crippen LogP contribution in [0.4, 0.5) is 0 Å². The number of hydrogen-bond acceptors (Lipinski definition) is 4. The lowest BCUT2D eigenvalue weighted by molar-refractivity contribution is 0.120. The van der Waals surface area contributed by atoms with Gasteiger partial charge < -0.3 is 0 Å². The van der Waals surface area contributed by atoms with Crippen LogP contribution in [0.25, 0.3) is 5.78 Å². The van der Waals surface area contributed by atoms with Gasteiger partial charge in [-0.15, -0.1) is 0 Å². The van der Waals surface area contributed by atoms with E-state index in [1.165, 1.54) is 25.0 Å². The Hall–Kier alpha value is -2.21. The number of aryl methyl sites for hydroxylation is 2. The fourth-order valence-corrected chi connectivity index (χ4v) is 3.70. The number of rotatable bonds is 4. The molecule has 0 aromatic carbocycles. The fraction of sp³-hybridized carbons (Fsp3) is 0.500. The van der Waals surface area contributed by atoms with E-state index >= 15 is 0 Å². The zero-order valence-corrected chi connectivity index (χ0v) is 14.4. The van der Waals surface area contributed by atoms with Crippen LogP contribution in [0.2, 0.25) is 0 Å².